The highest BCUT2D eigenvalue weighted by molar-refractivity contribution is 6.11. The molecule has 128 valence electrons. The minimum Gasteiger partial charge on any atom is -0.497 e. The second-order valence-electron chi connectivity index (χ2n) is 6.59. The lowest BCUT2D eigenvalue weighted by atomic mass is 9.73. The Balaban J connectivity index is 1.78. The number of carbonyl (C=O) groups excluding carboxylic acids is 3. The molecule has 6 nitrogen and oxygen atoms in total. The molecule has 3 rings (SSSR count). The summed E-state index contributed by atoms with van der Waals surface area (Å²) >= 11 is 0. The maximum absolute atomic E-state index is 12.9. The summed E-state index contributed by atoms with van der Waals surface area (Å²) < 4.78 is 5.11. The first kappa shape index (κ1) is 16.5. The summed E-state index contributed by atoms with van der Waals surface area (Å²) in [6.07, 6.45) is 3.52. The predicted molar refractivity (Wildman–Crippen MR) is 87.9 cm³/mol. The molecule has 24 heavy (non-hydrogen) atoms. The van der Waals surface area contributed by atoms with Gasteiger partial charge in [0.25, 0.3) is 5.91 Å². The molecule has 1 saturated heterocycles. The molecule has 1 spiro atoms. The van der Waals surface area contributed by atoms with Crippen LogP contribution >= 0.6 is 0 Å². The Bertz CT molecular complexity index is 687. The minimum atomic E-state index is -0.829. The van der Waals surface area contributed by atoms with Gasteiger partial charge in [0.15, 0.2) is 5.78 Å². The average molecular weight is 330 g/mol. The number of nitrogens with one attached hydrogen (secondary N) is 1. The monoisotopic (exact) mass is 330 g/mol. The highest BCUT2D eigenvalue weighted by atomic mass is 16.5. The van der Waals surface area contributed by atoms with Gasteiger partial charge in [-0.2, -0.15) is 0 Å². The van der Waals surface area contributed by atoms with Crippen molar-refractivity contribution in [2.24, 2.45) is 5.92 Å². The van der Waals surface area contributed by atoms with Crippen LogP contribution < -0.4 is 10.1 Å². The van der Waals surface area contributed by atoms with E-state index >= 15 is 0 Å². The molecule has 0 radical (unpaired) electrons. The van der Waals surface area contributed by atoms with Gasteiger partial charge in [0.2, 0.25) is 0 Å². The second-order valence-corrected chi connectivity index (χ2v) is 6.59. The van der Waals surface area contributed by atoms with E-state index in [2.05, 4.69) is 5.32 Å². The number of hydrogen-bond acceptors (Lipinski definition) is 4. The standard InChI is InChI=1S/C18H22N2O4/c1-12-6-3-4-9-18(12)16(22)20(17(23)19-18)11-15(21)13-7-5-8-14(10-13)24-2/h5,7-8,10,12H,3-4,6,9,11H2,1-2H3,(H,19,23)/t12-,18-/m1/s1. The summed E-state index contributed by atoms with van der Waals surface area (Å²) in [5.41, 5.74) is -0.406. The van der Waals surface area contributed by atoms with E-state index in [9.17, 15) is 14.4 Å². The van der Waals surface area contributed by atoms with Gasteiger partial charge in [-0.25, -0.2) is 4.79 Å². The van der Waals surface area contributed by atoms with Gasteiger partial charge in [-0.3, -0.25) is 14.5 Å². The number of ketones is 1. The molecule has 1 aromatic carbocycles. The number of urea groups is 1. The third-order valence-electron chi connectivity index (χ3n) is 5.19. The van der Waals surface area contributed by atoms with Gasteiger partial charge in [0, 0.05) is 5.56 Å². The Morgan fingerprint density at radius 1 is 1.38 bits per heavy atom. The fourth-order valence-electron chi connectivity index (χ4n) is 3.67. The van der Waals surface area contributed by atoms with Gasteiger partial charge >= 0.3 is 6.03 Å². The first-order valence-corrected chi connectivity index (χ1v) is 8.29. The molecule has 1 saturated carbocycles. The third kappa shape index (κ3) is 2.66. The van der Waals surface area contributed by atoms with Gasteiger partial charge in [-0.05, 0) is 30.9 Å². The highest BCUT2D eigenvalue weighted by Gasteiger charge is 2.55. The molecule has 1 heterocycles. The summed E-state index contributed by atoms with van der Waals surface area (Å²) in [7, 11) is 1.52. The molecule has 3 amide bonds. The summed E-state index contributed by atoms with van der Waals surface area (Å²) in [5.74, 6) is 0.101. The summed E-state index contributed by atoms with van der Waals surface area (Å²) in [6, 6.07) is 6.25. The summed E-state index contributed by atoms with van der Waals surface area (Å²) in [5, 5.41) is 2.86. The number of benzene rings is 1. The lowest BCUT2D eigenvalue weighted by Crippen LogP contribution is -2.54. The van der Waals surface area contributed by atoms with Crippen molar-refractivity contribution >= 4 is 17.7 Å². The number of hydrogen-bond donors (Lipinski definition) is 1. The Labute approximate surface area is 141 Å². The maximum atomic E-state index is 12.9. The summed E-state index contributed by atoms with van der Waals surface area (Å²) in [6.45, 7) is 1.75. The fourth-order valence-corrected chi connectivity index (χ4v) is 3.67. The molecule has 2 aliphatic rings. The number of imide groups is 1. The number of amides is 3. The van der Waals surface area contributed by atoms with Crippen molar-refractivity contribution in [3.63, 3.8) is 0 Å². The Morgan fingerprint density at radius 2 is 2.17 bits per heavy atom. The van der Waals surface area contributed by atoms with Crippen LogP contribution in [-0.2, 0) is 4.79 Å². The number of nitrogens with zero attached hydrogens (tertiary/aromatic N) is 1. The molecular weight excluding hydrogens is 308 g/mol. The largest absolute Gasteiger partial charge is 0.497 e. The fraction of sp³-hybridized carbons (Fsp3) is 0.500. The maximum Gasteiger partial charge on any atom is 0.325 e. The molecule has 0 unspecified atom stereocenters. The predicted octanol–water partition coefficient (Wildman–Crippen LogP) is 2.38. The van der Waals surface area contributed by atoms with E-state index in [-0.39, 0.29) is 24.2 Å². The molecule has 2 atom stereocenters. The number of carbonyl (C=O) groups is 3. The van der Waals surface area contributed by atoms with Crippen molar-refractivity contribution in [2.45, 2.75) is 38.1 Å². The van der Waals surface area contributed by atoms with Crippen molar-refractivity contribution in [3.8, 4) is 5.75 Å². The first-order chi connectivity index (χ1) is 11.5. The van der Waals surface area contributed by atoms with Crippen LogP contribution in [0.1, 0.15) is 43.0 Å². The van der Waals surface area contributed by atoms with E-state index in [1.165, 1.54) is 7.11 Å². The minimum absolute atomic E-state index is 0.0830. The van der Waals surface area contributed by atoms with Crippen LogP contribution in [0.2, 0.25) is 0 Å². The molecular formula is C18H22N2O4. The van der Waals surface area contributed by atoms with E-state index in [1.54, 1.807) is 24.3 Å². The van der Waals surface area contributed by atoms with E-state index in [1.807, 2.05) is 6.92 Å². The van der Waals surface area contributed by atoms with Gasteiger partial charge in [0.1, 0.15) is 11.3 Å². The zero-order chi connectivity index (χ0) is 17.3. The molecule has 1 aliphatic heterocycles. The van der Waals surface area contributed by atoms with Gasteiger partial charge < -0.3 is 10.1 Å². The van der Waals surface area contributed by atoms with E-state index in [0.29, 0.717) is 17.7 Å². The zero-order valence-corrected chi connectivity index (χ0v) is 14.0. The Morgan fingerprint density at radius 3 is 2.88 bits per heavy atom. The zero-order valence-electron chi connectivity index (χ0n) is 14.0. The number of ether oxygens (including phenoxy) is 1. The van der Waals surface area contributed by atoms with E-state index in [4.69, 9.17) is 4.74 Å². The third-order valence-corrected chi connectivity index (χ3v) is 5.19. The normalized spacial score (nSPS) is 26.6. The van der Waals surface area contributed by atoms with E-state index < -0.39 is 11.6 Å². The SMILES string of the molecule is COc1cccc(C(=O)CN2C(=O)N[C@@]3(CCCC[C@H]3C)C2=O)c1. The molecule has 1 aromatic rings. The van der Waals surface area contributed by atoms with Crippen molar-refractivity contribution in [1.82, 2.24) is 10.2 Å². The first-order valence-electron chi connectivity index (χ1n) is 8.29. The van der Waals surface area contributed by atoms with Crippen LogP contribution in [0.3, 0.4) is 0 Å². The topological polar surface area (TPSA) is 75.7 Å². The van der Waals surface area contributed by atoms with Gasteiger partial charge in [-0.15, -0.1) is 0 Å². The van der Waals surface area contributed by atoms with E-state index in [0.717, 1.165) is 24.2 Å². The van der Waals surface area contributed by atoms with Crippen LogP contribution in [0.5, 0.6) is 5.75 Å². The summed E-state index contributed by atoms with van der Waals surface area (Å²) in [4.78, 5) is 38.7. The van der Waals surface area contributed by atoms with Gasteiger partial charge in [-0.1, -0.05) is 31.9 Å². The van der Waals surface area contributed by atoms with Crippen molar-refractivity contribution in [3.05, 3.63) is 29.8 Å². The Kier molecular flexibility index (Phi) is 4.30. The second kappa shape index (κ2) is 6.26. The number of Topliss-reactive ketones (excluding diaryl/α,β-unsaturated/α-hetero) is 1. The van der Waals surface area contributed by atoms with Crippen LogP contribution in [0.25, 0.3) is 0 Å². The molecule has 0 bridgehead atoms. The van der Waals surface area contributed by atoms with Crippen molar-refractivity contribution < 1.29 is 19.1 Å². The molecule has 2 fully saturated rings. The lowest BCUT2D eigenvalue weighted by molar-refractivity contribution is -0.133. The quantitative estimate of drug-likeness (QED) is 0.679. The molecule has 0 aromatic heterocycles. The van der Waals surface area contributed by atoms with Crippen LogP contribution in [0, 0.1) is 5.92 Å². The average Bonchev–Trinajstić information content (AvgIpc) is 2.82. The Hall–Kier alpha value is -2.37. The smallest absolute Gasteiger partial charge is 0.325 e. The molecule has 6 heteroatoms. The van der Waals surface area contributed by atoms with Gasteiger partial charge in [0.05, 0.1) is 13.7 Å². The molecule has 1 aliphatic carbocycles. The van der Waals surface area contributed by atoms with Crippen LogP contribution in [0.15, 0.2) is 24.3 Å². The molecule has 1 N–H and O–H groups in total. The lowest BCUT2D eigenvalue weighted by Gasteiger charge is -2.36. The van der Waals surface area contributed by atoms with Crippen molar-refractivity contribution in [2.75, 3.05) is 13.7 Å². The highest BCUT2D eigenvalue weighted by Crippen LogP contribution is 2.38. The van der Waals surface area contributed by atoms with Crippen LogP contribution in [0.4, 0.5) is 4.79 Å². The number of rotatable bonds is 4. The van der Waals surface area contributed by atoms with Crippen molar-refractivity contribution in [1.29, 1.82) is 0 Å². The van der Waals surface area contributed by atoms with Crippen LogP contribution in [-0.4, -0.2) is 41.8 Å². The number of methoxy groups -OCH3 is 1.